The summed E-state index contributed by atoms with van der Waals surface area (Å²) in [4.78, 5) is 8.33. The van der Waals surface area contributed by atoms with Crippen LogP contribution >= 0.6 is 0 Å². The maximum atomic E-state index is 5.76. The minimum Gasteiger partial charge on any atom is -0.368 e. The third-order valence-electron chi connectivity index (χ3n) is 2.87. The van der Waals surface area contributed by atoms with E-state index in [1.165, 1.54) is 4.68 Å². The molecule has 2 aromatic heterocycles. The Morgan fingerprint density at radius 1 is 1.24 bits per heavy atom. The average molecular weight is 282 g/mol. The van der Waals surface area contributed by atoms with Crippen molar-refractivity contribution in [1.82, 2.24) is 19.8 Å². The Kier molecular flexibility index (Phi) is 3.23. The normalized spacial score (nSPS) is 11.3. The number of aryl methyl sites for hydroxylation is 2. The Morgan fingerprint density at radius 3 is 2.71 bits per heavy atom. The van der Waals surface area contributed by atoms with Gasteiger partial charge in [0.2, 0.25) is 5.95 Å². The molecule has 21 heavy (non-hydrogen) atoms. The summed E-state index contributed by atoms with van der Waals surface area (Å²) >= 11 is 0. The summed E-state index contributed by atoms with van der Waals surface area (Å²) in [7, 11) is 0. The van der Waals surface area contributed by atoms with Crippen LogP contribution in [0.2, 0.25) is 0 Å². The smallest absolute Gasteiger partial charge is 0.258 e. The summed E-state index contributed by atoms with van der Waals surface area (Å²) in [6, 6.07) is 7.63. The minimum absolute atomic E-state index is 0.342. The number of nitrogens with zero attached hydrogens (tertiary/aromatic N) is 5. The molecule has 0 spiro atoms. The molecule has 0 atom stereocenters. The lowest BCUT2D eigenvalue weighted by atomic mass is 10.1. The van der Waals surface area contributed by atoms with Crippen molar-refractivity contribution in [1.29, 1.82) is 0 Å². The largest absolute Gasteiger partial charge is 0.368 e. The molecule has 0 aliphatic heterocycles. The van der Waals surface area contributed by atoms with Crippen LogP contribution in [0.4, 0.5) is 5.95 Å². The van der Waals surface area contributed by atoms with Crippen molar-refractivity contribution in [2.45, 2.75) is 13.8 Å². The van der Waals surface area contributed by atoms with Gasteiger partial charge >= 0.3 is 0 Å². The van der Waals surface area contributed by atoms with Gasteiger partial charge in [0.05, 0.1) is 18.1 Å². The van der Waals surface area contributed by atoms with E-state index in [1.54, 1.807) is 19.3 Å². The van der Waals surface area contributed by atoms with Gasteiger partial charge in [0, 0.05) is 11.1 Å². The van der Waals surface area contributed by atoms with Gasteiger partial charge in [0.25, 0.3) is 5.89 Å². The molecular weight excluding hydrogens is 268 g/mol. The first-order valence-electron chi connectivity index (χ1n) is 6.39. The number of benzene rings is 1. The van der Waals surface area contributed by atoms with E-state index in [1.807, 2.05) is 31.2 Å². The molecule has 7 nitrogen and oxygen atoms in total. The van der Waals surface area contributed by atoms with E-state index in [0.29, 0.717) is 17.7 Å². The summed E-state index contributed by atoms with van der Waals surface area (Å²) in [5.41, 5.74) is 8.24. The van der Waals surface area contributed by atoms with Crippen molar-refractivity contribution in [3.63, 3.8) is 0 Å². The van der Waals surface area contributed by atoms with Gasteiger partial charge in [0.15, 0.2) is 5.82 Å². The predicted molar refractivity (Wildman–Crippen MR) is 78.8 cm³/mol. The zero-order valence-corrected chi connectivity index (χ0v) is 11.7. The molecule has 3 rings (SSSR count). The topological polar surface area (TPSA) is 95.1 Å². The number of aromatic nitrogens is 4. The van der Waals surface area contributed by atoms with Gasteiger partial charge < -0.3 is 10.3 Å². The van der Waals surface area contributed by atoms with Crippen molar-refractivity contribution in [2.24, 2.45) is 5.10 Å². The van der Waals surface area contributed by atoms with Crippen LogP contribution in [0.5, 0.6) is 0 Å². The minimum atomic E-state index is 0.342. The van der Waals surface area contributed by atoms with Crippen molar-refractivity contribution in [3.8, 4) is 11.5 Å². The van der Waals surface area contributed by atoms with Crippen LogP contribution in [-0.4, -0.2) is 26.0 Å². The second-order valence-electron chi connectivity index (χ2n) is 4.56. The second kappa shape index (κ2) is 5.20. The quantitative estimate of drug-likeness (QED) is 0.741. The Balaban J connectivity index is 1.98. The summed E-state index contributed by atoms with van der Waals surface area (Å²) in [6.07, 6.45) is 3.44. The van der Waals surface area contributed by atoms with Gasteiger partial charge in [-0.25, -0.2) is 9.66 Å². The number of hydrogen-bond donors (Lipinski definition) is 1. The molecule has 2 N–H and O–H groups in total. The molecule has 7 heteroatoms. The van der Waals surface area contributed by atoms with Crippen molar-refractivity contribution >= 4 is 12.2 Å². The second-order valence-corrected chi connectivity index (χ2v) is 4.56. The number of nitrogen functional groups attached to an aromatic ring is 1. The number of rotatable bonds is 3. The van der Waals surface area contributed by atoms with Crippen LogP contribution in [0.3, 0.4) is 0 Å². The van der Waals surface area contributed by atoms with E-state index >= 15 is 0 Å². The zero-order chi connectivity index (χ0) is 14.8. The summed E-state index contributed by atoms with van der Waals surface area (Å²) in [5.74, 6) is 1.39. The number of anilines is 1. The third-order valence-corrected chi connectivity index (χ3v) is 2.87. The molecule has 2 heterocycles. The van der Waals surface area contributed by atoms with Gasteiger partial charge in [-0.1, -0.05) is 23.4 Å². The highest BCUT2D eigenvalue weighted by molar-refractivity contribution is 5.88. The molecule has 0 aliphatic carbocycles. The maximum Gasteiger partial charge on any atom is 0.258 e. The number of nitrogens with two attached hydrogens (primary N) is 1. The van der Waals surface area contributed by atoms with Crippen LogP contribution in [0.25, 0.3) is 11.5 Å². The van der Waals surface area contributed by atoms with Gasteiger partial charge in [0.1, 0.15) is 0 Å². The lowest BCUT2D eigenvalue weighted by molar-refractivity contribution is 0.425. The molecule has 0 fully saturated rings. The van der Waals surface area contributed by atoms with Crippen LogP contribution in [0.1, 0.15) is 17.1 Å². The lowest BCUT2D eigenvalue weighted by Crippen LogP contribution is -1.97. The molecule has 0 amide bonds. The molecule has 0 saturated carbocycles. The van der Waals surface area contributed by atoms with E-state index in [2.05, 4.69) is 20.2 Å². The standard InChI is InChI=1S/C14H14N6O/c1-9-8-20(14(15)17-9)16-7-11-5-3-4-6-12(11)13-18-10(2)19-21-13/h3-8H,1-2H3,(H2,15,17). The molecule has 1 aromatic carbocycles. The fraction of sp³-hybridized carbons (Fsp3) is 0.143. The molecular formula is C14H14N6O. The van der Waals surface area contributed by atoms with Crippen LogP contribution < -0.4 is 5.73 Å². The molecule has 0 aliphatic rings. The highest BCUT2D eigenvalue weighted by Crippen LogP contribution is 2.20. The Morgan fingerprint density at radius 2 is 2.05 bits per heavy atom. The molecule has 3 aromatic rings. The van der Waals surface area contributed by atoms with Crippen LogP contribution in [-0.2, 0) is 0 Å². The summed E-state index contributed by atoms with van der Waals surface area (Å²) in [6.45, 7) is 3.64. The van der Waals surface area contributed by atoms with E-state index in [0.717, 1.165) is 16.8 Å². The van der Waals surface area contributed by atoms with Gasteiger partial charge in [-0.05, 0) is 19.9 Å². The number of imidazole rings is 1. The van der Waals surface area contributed by atoms with Crippen LogP contribution in [0.15, 0.2) is 40.1 Å². The third kappa shape index (κ3) is 2.66. The fourth-order valence-corrected chi connectivity index (χ4v) is 1.93. The average Bonchev–Trinajstić information content (AvgIpc) is 3.02. The van der Waals surface area contributed by atoms with Crippen LogP contribution in [0, 0.1) is 13.8 Å². The first kappa shape index (κ1) is 13.0. The lowest BCUT2D eigenvalue weighted by Gasteiger charge is -2.00. The molecule has 0 radical (unpaired) electrons. The molecule has 0 bridgehead atoms. The van der Waals surface area contributed by atoms with E-state index in [4.69, 9.17) is 10.3 Å². The molecule has 106 valence electrons. The van der Waals surface area contributed by atoms with Gasteiger partial charge in [-0.2, -0.15) is 10.1 Å². The Hall–Kier alpha value is -2.96. The summed E-state index contributed by atoms with van der Waals surface area (Å²) in [5, 5.41) is 8.11. The highest BCUT2D eigenvalue weighted by atomic mass is 16.5. The fourth-order valence-electron chi connectivity index (χ4n) is 1.93. The monoisotopic (exact) mass is 282 g/mol. The molecule has 0 unspecified atom stereocenters. The SMILES string of the molecule is Cc1cn(N=Cc2ccccc2-c2nc(C)no2)c(N)n1. The Labute approximate surface area is 121 Å². The van der Waals surface area contributed by atoms with Gasteiger partial charge in [-0.3, -0.25) is 0 Å². The number of hydrogen-bond acceptors (Lipinski definition) is 6. The van der Waals surface area contributed by atoms with Crippen molar-refractivity contribution in [3.05, 3.63) is 47.5 Å². The van der Waals surface area contributed by atoms with E-state index in [-0.39, 0.29) is 0 Å². The summed E-state index contributed by atoms with van der Waals surface area (Å²) < 4.78 is 6.72. The van der Waals surface area contributed by atoms with E-state index < -0.39 is 0 Å². The van der Waals surface area contributed by atoms with Crippen molar-refractivity contribution in [2.75, 3.05) is 5.73 Å². The predicted octanol–water partition coefficient (Wildman–Crippen LogP) is 2.01. The first-order chi connectivity index (χ1) is 10.1. The zero-order valence-electron chi connectivity index (χ0n) is 11.7. The highest BCUT2D eigenvalue weighted by Gasteiger charge is 2.10. The first-order valence-corrected chi connectivity index (χ1v) is 6.39. The van der Waals surface area contributed by atoms with Crippen molar-refractivity contribution < 1.29 is 4.52 Å². The van der Waals surface area contributed by atoms with E-state index in [9.17, 15) is 0 Å². The maximum absolute atomic E-state index is 5.76. The molecule has 0 saturated heterocycles. The Bertz CT molecular complexity index is 801. The van der Waals surface area contributed by atoms with Gasteiger partial charge in [-0.15, -0.1) is 0 Å².